The average Bonchev–Trinajstić information content (AvgIpc) is 3.96. The molecular weight excluding hydrogens is 1020 g/mol. The van der Waals surface area contributed by atoms with Crippen LogP contribution in [0.2, 0.25) is 0 Å². The molecule has 5 fully saturated rings. The first-order valence-corrected chi connectivity index (χ1v) is 28.5. The van der Waals surface area contributed by atoms with E-state index >= 15 is 8.78 Å². The number of phenols is 1. The number of hydrogen-bond donors (Lipinski definition) is 5. The molecule has 4 saturated heterocycles. The summed E-state index contributed by atoms with van der Waals surface area (Å²) in [6.07, 6.45) is 7.62. The number of β-amino-alcohol motifs (C(OH)–C–C–N with tert-alkyl or cyclic N) is 1. The lowest BCUT2D eigenvalue weighted by atomic mass is 9.85. The number of hydrogen-bond acceptors (Lipinski definition) is 12. The van der Waals surface area contributed by atoms with E-state index in [0.717, 1.165) is 57.1 Å². The minimum absolute atomic E-state index is 0.0154. The summed E-state index contributed by atoms with van der Waals surface area (Å²) in [5.41, 5.74) is 1.53. The van der Waals surface area contributed by atoms with Gasteiger partial charge in [-0.05, 0) is 116 Å². The number of fused-ring (bicyclic) bond motifs is 4. The molecule has 18 heteroatoms. The molecule has 5 aliphatic rings. The van der Waals surface area contributed by atoms with E-state index in [1.807, 2.05) is 46.8 Å². The zero-order valence-electron chi connectivity index (χ0n) is 46.2. The highest BCUT2D eigenvalue weighted by Gasteiger charge is 2.48. The molecule has 3 amide bonds. The van der Waals surface area contributed by atoms with Crippen molar-refractivity contribution < 1.29 is 42.5 Å². The molecule has 80 heavy (non-hydrogen) atoms. The molecule has 2 unspecified atom stereocenters. The van der Waals surface area contributed by atoms with E-state index in [2.05, 4.69) is 30.7 Å². The fourth-order valence-corrected chi connectivity index (χ4v) is 12.8. The summed E-state index contributed by atoms with van der Waals surface area (Å²) in [7, 11) is 0. The van der Waals surface area contributed by atoms with Crippen LogP contribution in [0.5, 0.6) is 11.8 Å². The monoisotopic (exact) mass is 1100 g/mol. The number of phenolic OH excluding ortho intramolecular Hbond substituents is 1. The van der Waals surface area contributed by atoms with Gasteiger partial charge in [0, 0.05) is 79.9 Å². The number of aliphatic hydroxyl groups excluding tert-OH is 1. The van der Waals surface area contributed by atoms with Crippen LogP contribution in [0.15, 0.2) is 79.0 Å². The van der Waals surface area contributed by atoms with E-state index in [1.54, 1.807) is 42.6 Å². The van der Waals surface area contributed by atoms with Gasteiger partial charge in [-0.15, -0.1) is 0 Å². The average molecular weight is 1100 g/mol. The van der Waals surface area contributed by atoms with Crippen LogP contribution in [0, 0.1) is 28.3 Å². The minimum Gasteiger partial charge on any atom is -0.508 e. The number of rotatable bonds is 16. The first-order chi connectivity index (χ1) is 38.3. The second-order valence-electron chi connectivity index (χ2n) is 24.2. The second-order valence-corrected chi connectivity index (χ2v) is 24.2. The molecule has 5 N–H and O–H groups in total. The molecule has 7 atom stereocenters. The molecule has 2 aromatic heterocycles. The zero-order valence-corrected chi connectivity index (χ0v) is 46.2. The van der Waals surface area contributed by atoms with E-state index in [-0.39, 0.29) is 89.8 Å². The van der Waals surface area contributed by atoms with Gasteiger partial charge in [0.1, 0.15) is 46.5 Å². The number of likely N-dealkylation sites (tertiary alicyclic amines) is 2. The number of aromatic hydroxyl groups is 1. The van der Waals surface area contributed by atoms with Crippen LogP contribution in [0.4, 0.5) is 19.0 Å². The van der Waals surface area contributed by atoms with Crippen LogP contribution in [-0.4, -0.2) is 128 Å². The summed E-state index contributed by atoms with van der Waals surface area (Å²) in [5, 5.41) is 32.9. The third kappa shape index (κ3) is 11.3. The van der Waals surface area contributed by atoms with Crippen LogP contribution >= 0.6 is 0 Å². The van der Waals surface area contributed by atoms with E-state index in [1.165, 1.54) is 29.2 Å². The highest BCUT2D eigenvalue weighted by atomic mass is 19.1. The Morgan fingerprint density at radius 2 is 1.65 bits per heavy atom. The number of halogens is 3. The number of aryl methyl sites for hydroxylation is 1. The largest absolute Gasteiger partial charge is 0.508 e. The number of carbonyl (C=O) groups excluding carboxylic acids is 3. The van der Waals surface area contributed by atoms with Gasteiger partial charge in [0.25, 0.3) is 0 Å². The van der Waals surface area contributed by atoms with Crippen LogP contribution in [0.3, 0.4) is 0 Å². The van der Waals surface area contributed by atoms with Crippen molar-refractivity contribution in [3.05, 3.63) is 108 Å². The van der Waals surface area contributed by atoms with Crippen molar-refractivity contribution in [3.63, 3.8) is 0 Å². The Morgan fingerprint density at radius 3 is 2.36 bits per heavy atom. The number of nitrogens with one attached hydrogen (secondary N) is 3. The van der Waals surface area contributed by atoms with Gasteiger partial charge >= 0.3 is 6.01 Å². The Hall–Kier alpha value is -6.89. The lowest BCUT2D eigenvalue weighted by molar-refractivity contribution is -0.144. The number of anilines is 1. The van der Waals surface area contributed by atoms with Crippen molar-refractivity contribution in [1.82, 2.24) is 40.7 Å². The van der Waals surface area contributed by atoms with E-state index < -0.39 is 53.1 Å². The van der Waals surface area contributed by atoms with E-state index in [0.29, 0.717) is 64.7 Å². The predicted octanol–water partition coefficient (Wildman–Crippen LogP) is 8.91. The second kappa shape index (κ2) is 22.2. The molecule has 4 aromatic carbocycles. The van der Waals surface area contributed by atoms with Gasteiger partial charge in [0.05, 0.1) is 24.1 Å². The van der Waals surface area contributed by atoms with Gasteiger partial charge in [-0.25, -0.2) is 13.2 Å². The fraction of sp³-hybridized carbons (Fsp3) is 0.484. The Labute approximate surface area is 464 Å². The molecule has 15 nitrogen and oxygen atoms in total. The van der Waals surface area contributed by atoms with Gasteiger partial charge in [0.15, 0.2) is 5.82 Å². The quantitative estimate of drug-likeness (QED) is 0.0621. The van der Waals surface area contributed by atoms with Gasteiger partial charge < -0.3 is 40.7 Å². The maximum absolute atomic E-state index is 17.4. The Balaban J connectivity index is 0.777. The van der Waals surface area contributed by atoms with Crippen molar-refractivity contribution in [2.45, 2.75) is 141 Å². The number of piperidine rings is 1. The number of nitrogens with zero attached hydrogens (tertiary/aromatic N) is 6. The van der Waals surface area contributed by atoms with Crippen molar-refractivity contribution in [1.29, 1.82) is 0 Å². The number of amides is 3. The molecule has 6 aromatic rings. The topological polar surface area (TPSA) is 185 Å². The van der Waals surface area contributed by atoms with Gasteiger partial charge in [0.2, 0.25) is 17.7 Å². The summed E-state index contributed by atoms with van der Waals surface area (Å²) in [6.45, 7) is 12.2. The zero-order chi connectivity index (χ0) is 56.2. The number of aliphatic hydroxyl groups is 1. The first-order valence-electron chi connectivity index (χ1n) is 28.5. The third-order valence-electron chi connectivity index (χ3n) is 17.3. The molecule has 422 valence electrons. The molecule has 11 rings (SSSR count). The highest BCUT2D eigenvalue weighted by molar-refractivity contribution is 6.02. The van der Waals surface area contributed by atoms with Crippen molar-refractivity contribution in [2.24, 2.45) is 10.8 Å². The van der Waals surface area contributed by atoms with Crippen molar-refractivity contribution >= 4 is 45.2 Å². The summed E-state index contributed by atoms with van der Waals surface area (Å²) in [4.78, 5) is 63.1. The maximum atomic E-state index is 17.4. The number of piperazine rings is 1. The SMILES string of the molecule is CCc1c(F)ccc2cc(O)cc(-c3ncc4c(N5CC6CCC(C5)N6)nc(OCC5(CN6CCCC[C@@H]6CC(=O)N[C@H](C(=O)N6C[C@H](O)C[C@H]6C(=O)N[C@@H](C)c6ccc(-c7ccccc7F)cc6)C(C)(C)C)CC5)nc4c3F)c12. The Kier molecular flexibility index (Phi) is 15.3. The molecule has 4 aliphatic heterocycles. The molecule has 6 heterocycles. The Morgan fingerprint density at radius 1 is 0.900 bits per heavy atom. The predicted molar refractivity (Wildman–Crippen MR) is 300 cm³/mol. The van der Waals surface area contributed by atoms with Crippen LogP contribution < -0.4 is 25.6 Å². The van der Waals surface area contributed by atoms with Crippen LogP contribution in [-0.2, 0) is 20.8 Å². The molecule has 0 spiro atoms. The van der Waals surface area contributed by atoms with Crippen molar-refractivity contribution in [2.75, 3.05) is 44.2 Å². The summed E-state index contributed by atoms with van der Waals surface area (Å²) in [6, 6.07) is 17.7. The molecular formula is C62H72F3N9O6. The fourth-order valence-electron chi connectivity index (χ4n) is 12.8. The third-order valence-corrected chi connectivity index (χ3v) is 17.3. The summed E-state index contributed by atoms with van der Waals surface area (Å²) >= 11 is 0. The first kappa shape index (κ1) is 55.0. The normalized spacial score (nSPS) is 22.6. The van der Waals surface area contributed by atoms with Crippen LogP contribution in [0.25, 0.3) is 44.1 Å². The summed E-state index contributed by atoms with van der Waals surface area (Å²) < 4.78 is 53.7. The van der Waals surface area contributed by atoms with Gasteiger partial charge in [-0.2, -0.15) is 9.97 Å². The standard InChI is InChI=1S/C62H72F3N9O6/c1-6-44-49(64)21-18-38-25-42(75)27-46(52(38)44)54-53(65)55-47(29-66-54)57(73-30-39-19-20-40(31-73)68-39)71-60(70-55)80-34-62(22-23-62)33-72-24-10-9-11-41(72)26-51(77)69-56(61(3,4)5)59(79)74-32-43(76)28-50(74)58(78)67-35(2)36-14-16-37(17-15-36)45-12-7-8-13-48(45)63/h7-8,12-18,21,25,27,29,35,39-41,43,50,56,68,75-76H,6,9-11,19-20,22-24,26,28,30-34H2,1-5H3,(H,67,78)(H,69,77)/t35-,39?,40?,41+,43+,50-,56+/m0/s1. The lowest BCUT2D eigenvalue weighted by Gasteiger charge is -2.39. The summed E-state index contributed by atoms with van der Waals surface area (Å²) in [5.74, 6) is -2.21. The van der Waals surface area contributed by atoms with E-state index in [4.69, 9.17) is 14.7 Å². The van der Waals surface area contributed by atoms with Crippen LogP contribution in [0.1, 0.15) is 110 Å². The lowest BCUT2D eigenvalue weighted by Crippen LogP contribution is -2.58. The highest BCUT2D eigenvalue weighted by Crippen LogP contribution is 2.48. The smallest absolute Gasteiger partial charge is 0.319 e. The van der Waals surface area contributed by atoms with E-state index in [9.17, 15) is 29.0 Å². The number of ether oxygens (including phenoxy) is 1. The number of benzene rings is 4. The number of pyridine rings is 1. The number of carbonyl (C=O) groups is 3. The molecule has 1 saturated carbocycles. The molecule has 0 radical (unpaired) electrons. The maximum Gasteiger partial charge on any atom is 0.319 e. The van der Waals surface area contributed by atoms with Crippen molar-refractivity contribution in [3.8, 4) is 34.1 Å². The number of aromatic nitrogens is 3. The Bertz CT molecular complexity index is 3320. The molecule has 1 aliphatic carbocycles. The minimum atomic E-state index is -0.991. The van der Waals surface area contributed by atoms with Gasteiger partial charge in [-0.1, -0.05) is 82.6 Å². The molecule has 2 bridgehead atoms. The van der Waals surface area contributed by atoms with Gasteiger partial charge in [-0.3, -0.25) is 24.3 Å².